The molecule has 0 aromatic carbocycles. The number of nitrogens with one attached hydrogen (secondary N) is 1. The first-order chi connectivity index (χ1) is 6.06. The fourth-order valence-corrected chi connectivity index (χ4v) is 0.847. The lowest BCUT2D eigenvalue weighted by Gasteiger charge is -2.10. The van der Waals surface area contributed by atoms with Gasteiger partial charge in [0.05, 0.1) is 13.5 Å². The Bertz CT molecular complexity index is 182. The molecule has 0 heterocycles. The summed E-state index contributed by atoms with van der Waals surface area (Å²) in [7, 11) is 1.35. The SMILES string of the molecule is COC(=O)CC(C)NCCC(N)=O. The molecule has 0 saturated heterocycles. The quantitative estimate of drug-likeness (QED) is 0.545. The highest BCUT2D eigenvalue weighted by Gasteiger charge is 2.07. The summed E-state index contributed by atoms with van der Waals surface area (Å²) >= 11 is 0. The van der Waals surface area contributed by atoms with E-state index >= 15 is 0 Å². The van der Waals surface area contributed by atoms with Crippen molar-refractivity contribution in [2.75, 3.05) is 13.7 Å². The second kappa shape index (κ2) is 6.42. The van der Waals surface area contributed by atoms with Crippen LogP contribution in [-0.4, -0.2) is 31.6 Å². The monoisotopic (exact) mass is 188 g/mol. The molecule has 1 amide bonds. The number of carbonyl (C=O) groups is 2. The Hall–Kier alpha value is -1.10. The highest BCUT2D eigenvalue weighted by molar-refractivity contribution is 5.73. The van der Waals surface area contributed by atoms with Crippen LogP contribution in [0.2, 0.25) is 0 Å². The van der Waals surface area contributed by atoms with Crippen LogP contribution in [0.25, 0.3) is 0 Å². The van der Waals surface area contributed by atoms with Crippen LogP contribution in [0.5, 0.6) is 0 Å². The van der Waals surface area contributed by atoms with Gasteiger partial charge >= 0.3 is 5.97 Å². The van der Waals surface area contributed by atoms with Gasteiger partial charge in [-0.25, -0.2) is 0 Å². The van der Waals surface area contributed by atoms with Crippen molar-refractivity contribution in [1.29, 1.82) is 0 Å². The summed E-state index contributed by atoms with van der Waals surface area (Å²) in [6.45, 7) is 2.34. The van der Waals surface area contributed by atoms with Gasteiger partial charge in [0.15, 0.2) is 0 Å². The number of methoxy groups -OCH3 is 1. The average Bonchev–Trinajstić information content (AvgIpc) is 2.03. The van der Waals surface area contributed by atoms with Crippen LogP contribution < -0.4 is 11.1 Å². The Kier molecular flexibility index (Phi) is 5.88. The van der Waals surface area contributed by atoms with E-state index in [1.165, 1.54) is 7.11 Å². The normalized spacial score (nSPS) is 12.2. The van der Waals surface area contributed by atoms with Gasteiger partial charge in [0.2, 0.25) is 5.91 Å². The molecule has 0 saturated carbocycles. The second-order valence-corrected chi connectivity index (χ2v) is 2.85. The summed E-state index contributed by atoms with van der Waals surface area (Å²) in [6, 6.07) is 0.00630. The van der Waals surface area contributed by atoms with Crippen LogP contribution in [0.4, 0.5) is 0 Å². The van der Waals surface area contributed by atoms with Crippen molar-refractivity contribution in [2.45, 2.75) is 25.8 Å². The molecule has 5 nitrogen and oxygen atoms in total. The van der Waals surface area contributed by atoms with Crippen molar-refractivity contribution in [3.63, 3.8) is 0 Å². The second-order valence-electron chi connectivity index (χ2n) is 2.85. The van der Waals surface area contributed by atoms with Gasteiger partial charge in [-0.15, -0.1) is 0 Å². The van der Waals surface area contributed by atoms with Crippen molar-refractivity contribution in [2.24, 2.45) is 5.73 Å². The van der Waals surface area contributed by atoms with Crippen molar-refractivity contribution in [3.8, 4) is 0 Å². The molecule has 1 unspecified atom stereocenters. The van der Waals surface area contributed by atoms with E-state index in [0.717, 1.165) is 0 Å². The van der Waals surface area contributed by atoms with Gasteiger partial charge < -0.3 is 15.8 Å². The van der Waals surface area contributed by atoms with E-state index in [2.05, 4.69) is 10.1 Å². The molecule has 76 valence electrons. The zero-order valence-electron chi connectivity index (χ0n) is 8.00. The minimum absolute atomic E-state index is 0.00630. The molecule has 0 aliphatic carbocycles. The summed E-state index contributed by atoms with van der Waals surface area (Å²) in [5.74, 6) is -0.614. The lowest BCUT2D eigenvalue weighted by atomic mass is 10.2. The predicted molar refractivity (Wildman–Crippen MR) is 47.9 cm³/mol. The number of hydrogen-bond donors (Lipinski definition) is 2. The molecule has 0 spiro atoms. The smallest absolute Gasteiger partial charge is 0.307 e. The summed E-state index contributed by atoms with van der Waals surface area (Å²) in [5, 5.41) is 2.98. The fraction of sp³-hybridized carbons (Fsp3) is 0.750. The predicted octanol–water partition coefficient (Wildman–Crippen LogP) is -0.597. The summed E-state index contributed by atoms with van der Waals surface area (Å²) in [5.41, 5.74) is 4.94. The zero-order valence-corrected chi connectivity index (χ0v) is 8.00. The summed E-state index contributed by atoms with van der Waals surface area (Å²) in [4.78, 5) is 21.1. The van der Waals surface area contributed by atoms with Gasteiger partial charge in [0.1, 0.15) is 0 Å². The molecule has 0 aromatic rings. The number of amides is 1. The molecule has 0 rings (SSSR count). The van der Waals surface area contributed by atoms with E-state index in [-0.39, 0.29) is 24.3 Å². The fourth-order valence-electron chi connectivity index (χ4n) is 0.847. The number of rotatable bonds is 6. The van der Waals surface area contributed by atoms with Crippen molar-refractivity contribution < 1.29 is 14.3 Å². The van der Waals surface area contributed by atoms with Gasteiger partial charge in [-0.2, -0.15) is 0 Å². The van der Waals surface area contributed by atoms with Crippen LogP contribution in [0.3, 0.4) is 0 Å². The lowest BCUT2D eigenvalue weighted by Crippen LogP contribution is -2.31. The van der Waals surface area contributed by atoms with Crippen LogP contribution in [0.1, 0.15) is 19.8 Å². The molecule has 0 aliphatic heterocycles. The Morgan fingerprint density at radius 3 is 2.62 bits per heavy atom. The molecule has 3 N–H and O–H groups in total. The summed E-state index contributed by atoms with van der Waals surface area (Å²) in [6.07, 6.45) is 0.584. The number of esters is 1. The molecular weight excluding hydrogens is 172 g/mol. The van der Waals surface area contributed by atoms with Crippen molar-refractivity contribution >= 4 is 11.9 Å². The van der Waals surface area contributed by atoms with Crippen molar-refractivity contribution in [3.05, 3.63) is 0 Å². The Labute approximate surface area is 77.6 Å². The topological polar surface area (TPSA) is 81.4 Å². The zero-order chi connectivity index (χ0) is 10.3. The molecule has 0 fully saturated rings. The lowest BCUT2D eigenvalue weighted by molar-refractivity contribution is -0.141. The van der Waals surface area contributed by atoms with Crippen LogP contribution >= 0.6 is 0 Å². The highest BCUT2D eigenvalue weighted by Crippen LogP contribution is 1.92. The van der Waals surface area contributed by atoms with E-state index in [1.807, 2.05) is 6.92 Å². The standard InChI is InChI=1S/C8H16N2O3/c1-6(5-8(12)13-2)10-4-3-7(9)11/h6,10H,3-5H2,1-2H3,(H2,9,11). The third kappa shape index (κ3) is 7.27. The number of hydrogen-bond acceptors (Lipinski definition) is 4. The molecule has 0 aliphatic rings. The summed E-state index contributed by atoms with van der Waals surface area (Å²) < 4.78 is 4.48. The molecule has 0 bridgehead atoms. The highest BCUT2D eigenvalue weighted by atomic mass is 16.5. The van der Waals surface area contributed by atoms with E-state index < -0.39 is 0 Å². The van der Waals surface area contributed by atoms with Crippen molar-refractivity contribution in [1.82, 2.24) is 5.32 Å². The van der Waals surface area contributed by atoms with E-state index in [0.29, 0.717) is 13.0 Å². The molecule has 1 atom stereocenters. The number of nitrogens with two attached hydrogens (primary N) is 1. The van der Waals surface area contributed by atoms with Gasteiger partial charge in [0, 0.05) is 19.0 Å². The maximum absolute atomic E-state index is 10.8. The minimum Gasteiger partial charge on any atom is -0.469 e. The first-order valence-electron chi connectivity index (χ1n) is 4.14. The Morgan fingerprint density at radius 2 is 2.15 bits per heavy atom. The van der Waals surface area contributed by atoms with Gasteiger partial charge in [-0.1, -0.05) is 0 Å². The van der Waals surface area contributed by atoms with Gasteiger partial charge in [-0.3, -0.25) is 9.59 Å². The number of carbonyl (C=O) groups excluding carboxylic acids is 2. The number of primary amides is 1. The van der Waals surface area contributed by atoms with E-state index in [4.69, 9.17) is 5.73 Å². The molecule has 13 heavy (non-hydrogen) atoms. The molecule has 0 radical (unpaired) electrons. The largest absolute Gasteiger partial charge is 0.469 e. The molecule has 5 heteroatoms. The molecular formula is C8H16N2O3. The number of ether oxygens (including phenoxy) is 1. The van der Waals surface area contributed by atoms with E-state index in [1.54, 1.807) is 0 Å². The molecule has 0 aromatic heterocycles. The maximum Gasteiger partial charge on any atom is 0.307 e. The Balaban J connectivity index is 3.45. The third-order valence-corrected chi connectivity index (χ3v) is 1.56. The van der Waals surface area contributed by atoms with Gasteiger partial charge in [-0.05, 0) is 6.92 Å². The first-order valence-corrected chi connectivity index (χ1v) is 4.14. The van der Waals surface area contributed by atoms with Crippen LogP contribution in [0, 0.1) is 0 Å². The first kappa shape index (κ1) is 11.9. The van der Waals surface area contributed by atoms with Gasteiger partial charge in [0.25, 0.3) is 0 Å². The van der Waals surface area contributed by atoms with Crippen LogP contribution in [-0.2, 0) is 14.3 Å². The maximum atomic E-state index is 10.8. The average molecular weight is 188 g/mol. The van der Waals surface area contributed by atoms with E-state index in [9.17, 15) is 9.59 Å². The van der Waals surface area contributed by atoms with Crippen LogP contribution in [0.15, 0.2) is 0 Å². The Morgan fingerprint density at radius 1 is 1.54 bits per heavy atom. The third-order valence-electron chi connectivity index (χ3n) is 1.56. The minimum atomic E-state index is -0.349.